The minimum Gasteiger partial charge on any atom is -0.297 e. The van der Waals surface area contributed by atoms with Crippen LogP contribution in [0.4, 0.5) is 0 Å². The highest BCUT2D eigenvalue weighted by molar-refractivity contribution is 7.84. The molecule has 1 aliphatic carbocycles. The predicted molar refractivity (Wildman–Crippen MR) is 81.4 cm³/mol. The summed E-state index contributed by atoms with van der Waals surface area (Å²) in [5.74, 6) is 1.63. The van der Waals surface area contributed by atoms with Gasteiger partial charge in [-0.1, -0.05) is 0 Å². The van der Waals surface area contributed by atoms with Gasteiger partial charge in [-0.25, -0.2) is 0 Å². The molecule has 1 fully saturated rings. The first-order valence-corrected chi connectivity index (χ1v) is 9.20. The average Bonchev–Trinajstić information content (AvgIpc) is 2.37. The Morgan fingerprint density at radius 2 is 1.95 bits per heavy atom. The van der Waals surface area contributed by atoms with Crippen LogP contribution in [-0.2, 0) is 10.8 Å². The first kappa shape index (κ1) is 16.7. The highest BCUT2D eigenvalue weighted by Gasteiger charge is 2.26. The Labute approximate surface area is 120 Å². The van der Waals surface area contributed by atoms with Crippen molar-refractivity contribution in [3.8, 4) is 6.07 Å². The molecule has 0 saturated heterocycles. The van der Waals surface area contributed by atoms with E-state index in [0.717, 1.165) is 24.6 Å². The standard InChI is InChI=1S/C15H28N2OS/c1-13(2)17(11-4-10-16)15-7-5-14(6-8-15)9-12-19(3)18/h13-15H,4-9,11-12H2,1-3H3. The Kier molecular flexibility index (Phi) is 7.63. The van der Waals surface area contributed by atoms with Crippen LogP contribution in [0.3, 0.4) is 0 Å². The summed E-state index contributed by atoms with van der Waals surface area (Å²) in [6.45, 7) is 5.36. The number of hydrogen-bond donors (Lipinski definition) is 0. The molecule has 0 aromatic rings. The number of hydrogen-bond acceptors (Lipinski definition) is 3. The second kappa shape index (κ2) is 8.71. The van der Waals surface area contributed by atoms with Crippen molar-refractivity contribution >= 4 is 10.8 Å². The lowest BCUT2D eigenvalue weighted by atomic mass is 9.83. The number of nitrogens with zero attached hydrogens (tertiary/aromatic N) is 2. The van der Waals surface area contributed by atoms with Crippen molar-refractivity contribution in [2.45, 2.75) is 64.5 Å². The molecule has 1 atom stereocenters. The van der Waals surface area contributed by atoms with Crippen molar-refractivity contribution in [1.29, 1.82) is 5.26 Å². The molecule has 0 N–H and O–H groups in total. The first-order chi connectivity index (χ1) is 9.04. The fourth-order valence-electron chi connectivity index (χ4n) is 3.14. The van der Waals surface area contributed by atoms with Crippen LogP contribution in [0.5, 0.6) is 0 Å². The van der Waals surface area contributed by atoms with Gasteiger partial charge in [-0.05, 0) is 51.9 Å². The minimum absolute atomic E-state index is 0.526. The van der Waals surface area contributed by atoms with Crippen molar-refractivity contribution in [1.82, 2.24) is 4.90 Å². The molecule has 0 aromatic carbocycles. The van der Waals surface area contributed by atoms with Gasteiger partial charge in [0.2, 0.25) is 0 Å². The van der Waals surface area contributed by atoms with Gasteiger partial charge >= 0.3 is 0 Å². The Balaban J connectivity index is 2.38. The van der Waals surface area contributed by atoms with Crippen LogP contribution in [0.15, 0.2) is 0 Å². The zero-order valence-corrected chi connectivity index (χ0v) is 13.4. The molecule has 1 unspecified atom stereocenters. The quantitative estimate of drug-likeness (QED) is 0.722. The summed E-state index contributed by atoms with van der Waals surface area (Å²) < 4.78 is 11.1. The lowest BCUT2D eigenvalue weighted by Crippen LogP contribution is -2.43. The summed E-state index contributed by atoms with van der Waals surface area (Å²) in [4.78, 5) is 2.50. The van der Waals surface area contributed by atoms with Gasteiger partial charge in [0.1, 0.15) is 0 Å². The normalized spacial score (nSPS) is 25.5. The molecule has 0 bridgehead atoms. The minimum atomic E-state index is -0.643. The molecule has 0 spiro atoms. The van der Waals surface area contributed by atoms with Crippen molar-refractivity contribution in [3.05, 3.63) is 0 Å². The Hall–Kier alpha value is -0.400. The fourth-order valence-corrected chi connectivity index (χ4v) is 3.80. The summed E-state index contributed by atoms with van der Waals surface area (Å²) in [7, 11) is -0.643. The highest BCUT2D eigenvalue weighted by Crippen LogP contribution is 2.30. The summed E-state index contributed by atoms with van der Waals surface area (Å²) >= 11 is 0. The van der Waals surface area contributed by atoms with Crippen molar-refractivity contribution < 1.29 is 4.21 Å². The van der Waals surface area contributed by atoms with Gasteiger partial charge in [0.15, 0.2) is 0 Å². The van der Waals surface area contributed by atoms with E-state index in [1.54, 1.807) is 6.26 Å². The van der Waals surface area contributed by atoms with Crippen molar-refractivity contribution in [3.63, 3.8) is 0 Å². The SMILES string of the molecule is CC(C)N(CCC#N)C1CCC(CCS(C)=O)CC1. The van der Waals surface area contributed by atoms with E-state index < -0.39 is 10.8 Å². The third kappa shape index (κ3) is 6.05. The molecule has 0 heterocycles. The van der Waals surface area contributed by atoms with Gasteiger partial charge in [-0.15, -0.1) is 0 Å². The molecule has 0 aromatic heterocycles. The van der Waals surface area contributed by atoms with Gasteiger partial charge in [0, 0.05) is 47.9 Å². The predicted octanol–water partition coefficient (Wildman–Crippen LogP) is 2.94. The zero-order valence-electron chi connectivity index (χ0n) is 12.6. The Morgan fingerprint density at radius 3 is 2.42 bits per heavy atom. The van der Waals surface area contributed by atoms with Crippen LogP contribution in [0, 0.1) is 17.2 Å². The summed E-state index contributed by atoms with van der Waals surface area (Å²) in [6.07, 6.45) is 8.56. The molecule has 1 aliphatic rings. The molecule has 1 rings (SSSR count). The van der Waals surface area contributed by atoms with E-state index in [-0.39, 0.29) is 0 Å². The van der Waals surface area contributed by atoms with E-state index in [0.29, 0.717) is 18.5 Å². The van der Waals surface area contributed by atoms with Gasteiger partial charge in [-0.2, -0.15) is 5.26 Å². The maximum Gasteiger partial charge on any atom is 0.0635 e. The van der Waals surface area contributed by atoms with Crippen molar-refractivity contribution in [2.75, 3.05) is 18.6 Å². The van der Waals surface area contributed by atoms with Crippen LogP contribution in [0.25, 0.3) is 0 Å². The molecule has 0 amide bonds. The third-order valence-corrected chi connectivity index (χ3v) is 5.05. The number of nitriles is 1. The summed E-state index contributed by atoms with van der Waals surface area (Å²) in [5.41, 5.74) is 0. The average molecular weight is 284 g/mol. The van der Waals surface area contributed by atoms with Gasteiger partial charge < -0.3 is 0 Å². The van der Waals surface area contributed by atoms with E-state index in [1.807, 2.05) is 0 Å². The maximum atomic E-state index is 11.1. The molecular formula is C15H28N2OS. The third-order valence-electron chi connectivity index (χ3n) is 4.24. The molecule has 3 nitrogen and oxygen atoms in total. The van der Waals surface area contributed by atoms with Crippen LogP contribution in [-0.4, -0.2) is 39.7 Å². The van der Waals surface area contributed by atoms with E-state index in [1.165, 1.54) is 25.7 Å². The molecule has 0 radical (unpaired) electrons. The Morgan fingerprint density at radius 1 is 1.32 bits per heavy atom. The van der Waals surface area contributed by atoms with Gasteiger partial charge in [0.25, 0.3) is 0 Å². The van der Waals surface area contributed by atoms with Crippen LogP contribution >= 0.6 is 0 Å². The van der Waals surface area contributed by atoms with Gasteiger partial charge in [-0.3, -0.25) is 9.11 Å². The topological polar surface area (TPSA) is 44.1 Å². The first-order valence-electron chi connectivity index (χ1n) is 7.47. The molecular weight excluding hydrogens is 256 g/mol. The number of rotatable bonds is 7. The van der Waals surface area contributed by atoms with E-state index >= 15 is 0 Å². The second-order valence-electron chi connectivity index (χ2n) is 5.98. The van der Waals surface area contributed by atoms with Crippen LogP contribution in [0.1, 0.15) is 52.4 Å². The lowest BCUT2D eigenvalue weighted by Gasteiger charge is -2.39. The van der Waals surface area contributed by atoms with E-state index in [9.17, 15) is 4.21 Å². The fraction of sp³-hybridized carbons (Fsp3) is 0.933. The van der Waals surface area contributed by atoms with Gasteiger partial charge in [0.05, 0.1) is 6.07 Å². The van der Waals surface area contributed by atoms with Crippen molar-refractivity contribution in [2.24, 2.45) is 5.92 Å². The van der Waals surface area contributed by atoms with Crippen LogP contribution in [0.2, 0.25) is 0 Å². The van der Waals surface area contributed by atoms with E-state index in [2.05, 4.69) is 24.8 Å². The zero-order chi connectivity index (χ0) is 14.3. The van der Waals surface area contributed by atoms with E-state index in [4.69, 9.17) is 5.26 Å². The summed E-state index contributed by atoms with van der Waals surface area (Å²) in [6, 6.07) is 3.43. The molecule has 1 saturated carbocycles. The molecule has 19 heavy (non-hydrogen) atoms. The molecule has 4 heteroatoms. The smallest absolute Gasteiger partial charge is 0.0635 e. The Bertz CT molecular complexity index is 317. The molecule has 110 valence electrons. The monoisotopic (exact) mass is 284 g/mol. The lowest BCUT2D eigenvalue weighted by molar-refractivity contribution is 0.107. The second-order valence-corrected chi connectivity index (χ2v) is 7.53. The maximum absolute atomic E-state index is 11.1. The summed E-state index contributed by atoms with van der Waals surface area (Å²) in [5, 5.41) is 8.75. The highest BCUT2D eigenvalue weighted by atomic mass is 32.2. The largest absolute Gasteiger partial charge is 0.297 e. The van der Waals surface area contributed by atoms with Crippen LogP contribution < -0.4 is 0 Å². The molecule has 0 aliphatic heterocycles.